The molecule has 1 rings (SSSR count). The molecule has 0 radical (unpaired) electrons. The molecule has 1 unspecified atom stereocenters. The van der Waals surface area contributed by atoms with E-state index in [1.165, 1.54) is 0 Å². The molecule has 0 heterocycles. The Hall–Kier alpha value is -1.20. The minimum atomic E-state index is -0.809. The second kappa shape index (κ2) is 8.17. The van der Waals surface area contributed by atoms with E-state index in [2.05, 4.69) is 17.9 Å². The summed E-state index contributed by atoms with van der Waals surface area (Å²) in [7, 11) is 0. The van der Waals surface area contributed by atoms with Gasteiger partial charge in [0.05, 0.1) is 12.5 Å². The summed E-state index contributed by atoms with van der Waals surface area (Å²) in [6.07, 6.45) is 0.876. The average Bonchev–Trinajstić information content (AvgIpc) is 2.29. The number of hydrogen-bond donors (Lipinski definition) is 3. The fourth-order valence-corrected chi connectivity index (χ4v) is 2.21. The fourth-order valence-electron chi connectivity index (χ4n) is 2.00. The van der Waals surface area contributed by atoms with Gasteiger partial charge in [0.2, 0.25) is 0 Å². The Balaban J connectivity index is 2.65. The van der Waals surface area contributed by atoms with Crippen molar-refractivity contribution < 1.29 is 14.6 Å². The van der Waals surface area contributed by atoms with Crippen molar-refractivity contribution >= 4 is 18.6 Å². The maximum Gasteiger partial charge on any atom is 0.304 e. The van der Waals surface area contributed by atoms with E-state index in [0.29, 0.717) is 6.42 Å². The van der Waals surface area contributed by atoms with Crippen molar-refractivity contribution in [3.05, 3.63) is 29.8 Å². The van der Waals surface area contributed by atoms with Crippen molar-refractivity contribution in [2.75, 3.05) is 0 Å². The molecule has 0 aromatic heterocycles. The summed E-state index contributed by atoms with van der Waals surface area (Å²) in [5.41, 5.74) is 1.08. The van der Waals surface area contributed by atoms with Gasteiger partial charge in [0.25, 0.3) is 0 Å². The summed E-state index contributed by atoms with van der Waals surface area (Å²) < 4.78 is 5.58. The van der Waals surface area contributed by atoms with Crippen molar-refractivity contribution in [3.8, 4) is 5.75 Å². The number of carboxylic acids is 1. The molecule has 1 aromatic rings. The van der Waals surface area contributed by atoms with Crippen LogP contribution in [0.2, 0.25) is 0 Å². The maximum atomic E-state index is 10.9. The SMILES string of the molecule is CC(S)N[C@H](CC(=O)O)Cc1ccc(OC(C)C)cc1. The second-order valence-corrected chi connectivity index (χ2v) is 5.93. The molecule has 0 aliphatic carbocycles. The Morgan fingerprint density at radius 2 is 1.90 bits per heavy atom. The van der Waals surface area contributed by atoms with Crippen molar-refractivity contribution in [1.82, 2.24) is 5.32 Å². The molecule has 0 fully saturated rings. The molecule has 0 amide bonds. The number of thiol groups is 1. The van der Waals surface area contributed by atoms with Gasteiger partial charge < -0.3 is 15.2 Å². The topological polar surface area (TPSA) is 58.6 Å². The summed E-state index contributed by atoms with van der Waals surface area (Å²) in [5, 5.41) is 12.1. The van der Waals surface area contributed by atoms with Gasteiger partial charge >= 0.3 is 5.97 Å². The summed E-state index contributed by atoms with van der Waals surface area (Å²) >= 11 is 4.26. The Bertz CT molecular complexity index is 418. The van der Waals surface area contributed by atoms with Crippen LogP contribution in [0.1, 0.15) is 32.8 Å². The average molecular weight is 297 g/mol. The van der Waals surface area contributed by atoms with Crippen molar-refractivity contribution in [3.63, 3.8) is 0 Å². The highest BCUT2D eigenvalue weighted by molar-refractivity contribution is 7.80. The largest absolute Gasteiger partial charge is 0.491 e. The number of ether oxygens (including phenoxy) is 1. The third-order valence-corrected chi connectivity index (χ3v) is 2.82. The molecule has 0 saturated carbocycles. The zero-order chi connectivity index (χ0) is 15.1. The molecular formula is C15H23NO3S. The van der Waals surface area contributed by atoms with E-state index in [9.17, 15) is 4.79 Å². The molecule has 1 aromatic carbocycles. The van der Waals surface area contributed by atoms with Crippen molar-refractivity contribution in [2.24, 2.45) is 0 Å². The van der Waals surface area contributed by atoms with E-state index in [4.69, 9.17) is 9.84 Å². The van der Waals surface area contributed by atoms with Crippen molar-refractivity contribution in [2.45, 2.75) is 51.1 Å². The molecule has 4 nitrogen and oxygen atoms in total. The Labute approximate surface area is 125 Å². The van der Waals surface area contributed by atoms with E-state index < -0.39 is 5.97 Å². The standard InChI is InChI=1S/C15H23NO3S/c1-10(2)19-14-6-4-12(5-7-14)8-13(9-15(17)18)16-11(3)20/h4-7,10-11,13,16,20H,8-9H2,1-3H3,(H,17,18)/t11?,13-/m0/s1. The van der Waals surface area contributed by atoms with Gasteiger partial charge in [-0.05, 0) is 44.9 Å². The Morgan fingerprint density at radius 3 is 2.35 bits per heavy atom. The Morgan fingerprint density at radius 1 is 1.30 bits per heavy atom. The molecule has 0 spiro atoms. The summed E-state index contributed by atoms with van der Waals surface area (Å²) in [5.74, 6) is 0.0188. The van der Waals surface area contributed by atoms with Crippen LogP contribution in [-0.4, -0.2) is 28.6 Å². The highest BCUT2D eigenvalue weighted by Crippen LogP contribution is 2.16. The maximum absolute atomic E-state index is 10.9. The van der Waals surface area contributed by atoms with Gasteiger partial charge in [-0.3, -0.25) is 4.79 Å². The molecule has 20 heavy (non-hydrogen) atoms. The van der Waals surface area contributed by atoms with Gasteiger partial charge in [-0.25, -0.2) is 0 Å². The minimum absolute atomic E-state index is 0.0390. The van der Waals surface area contributed by atoms with Crippen LogP contribution in [0.3, 0.4) is 0 Å². The van der Waals surface area contributed by atoms with Crippen LogP contribution >= 0.6 is 12.6 Å². The molecule has 0 bridgehead atoms. The lowest BCUT2D eigenvalue weighted by atomic mass is 10.0. The van der Waals surface area contributed by atoms with Gasteiger partial charge in [-0.1, -0.05) is 12.1 Å². The first-order valence-electron chi connectivity index (χ1n) is 6.78. The van der Waals surface area contributed by atoms with E-state index in [0.717, 1.165) is 11.3 Å². The van der Waals surface area contributed by atoms with E-state index in [1.54, 1.807) is 0 Å². The first kappa shape index (κ1) is 16.9. The molecule has 2 N–H and O–H groups in total. The first-order chi connectivity index (χ1) is 9.36. The first-order valence-corrected chi connectivity index (χ1v) is 7.30. The number of aliphatic carboxylic acids is 1. The fraction of sp³-hybridized carbons (Fsp3) is 0.533. The van der Waals surface area contributed by atoms with E-state index in [-0.39, 0.29) is 23.9 Å². The van der Waals surface area contributed by atoms with Crippen molar-refractivity contribution in [1.29, 1.82) is 0 Å². The van der Waals surface area contributed by atoms with Gasteiger partial charge in [0, 0.05) is 11.4 Å². The van der Waals surface area contributed by atoms with E-state index >= 15 is 0 Å². The molecule has 0 aliphatic heterocycles. The predicted octanol–water partition coefficient (Wildman–Crippen LogP) is 2.73. The molecule has 2 atom stereocenters. The Kier molecular flexibility index (Phi) is 6.88. The number of rotatable bonds is 8. The van der Waals surface area contributed by atoms with Crippen LogP contribution in [0.4, 0.5) is 0 Å². The van der Waals surface area contributed by atoms with Crippen LogP contribution in [0.25, 0.3) is 0 Å². The summed E-state index contributed by atoms with van der Waals surface area (Å²) in [6.45, 7) is 5.85. The normalized spacial score (nSPS) is 14.1. The van der Waals surface area contributed by atoms with Crippen LogP contribution in [0, 0.1) is 0 Å². The predicted molar refractivity (Wildman–Crippen MR) is 83.5 cm³/mol. The van der Waals surface area contributed by atoms with Gasteiger partial charge in [-0.15, -0.1) is 0 Å². The van der Waals surface area contributed by atoms with Gasteiger partial charge in [0.15, 0.2) is 0 Å². The number of carbonyl (C=O) groups is 1. The number of benzene rings is 1. The quantitative estimate of drug-likeness (QED) is 0.510. The second-order valence-electron chi connectivity index (χ2n) is 5.15. The van der Waals surface area contributed by atoms with Gasteiger partial charge in [0.1, 0.15) is 5.75 Å². The third kappa shape index (κ3) is 6.82. The lowest BCUT2D eigenvalue weighted by Gasteiger charge is -2.19. The lowest BCUT2D eigenvalue weighted by Crippen LogP contribution is -2.37. The summed E-state index contributed by atoms with van der Waals surface area (Å²) in [4.78, 5) is 10.9. The molecular weight excluding hydrogens is 274 g/mol. The highest BCUT2D eigenvalue weighted by atomic mass is 32.1. The zero-order valence-electron chi connectivity index (χ0n) is 12.2. The van der Waals surface area contributed by atoms with Gasteiger partial charge in [-0.2, -0.15) is 12.6 Å². The van der Waals surface area contributed by atoms with Crippen LogP contribution < -0.4 is 10.1 Å². The molecule has 5 heteroatoms. The van der Waals surface area contributed by atoms with Crippen LogP contribution in [0.15, 0.2) is 24.3 Å². The minimum Gasteiger partial charge on any atom is -0.491 e. The highest BCUT2D eigenvalue weighted by Gasteiger charge is 2.15. The smallest absolute Gasteiger partial charge is 0.304 e. The number of hydrogen-bond acceptors (Lipinski definition) is 4. The zero-order valence-corrected chi connectivity index (χ0v) is 13.1. The third-order valence-electron chi connectivity index (χ3n) is 2.68. The van der Waals surface area contributed by atoms with E-state index in [1.807, 2.05) is 45.0 Å². The number of nitrogens with one attached hydrogen (secondary N) is 1. The molecule has 0 aliphatic rings. The summed E-state index contributed by atoms with van der Waals surface area (Å²) in [6, 6.07) is 7.64. The molecule has 0 saturated heterocycles. The van der Waals surface area contributed by atoms with Crippen LogP contribution in [-0.2, 0) is 11.2 Å². The lowest BCUT2D eigenvalue weighted by molar-refractivity contribution is -0.137. The number of carboxylic acid groups (broad SMARTS) is 1. The van der Waals surface area contributed by atoms with Crippen LogP contribution in [0.5, 0.6) is 5.75 Å². The monoisotopic (exact) mass is 297 g/mol. The molecule has 112 valence electrons.